The Bertz CT molecular complexity index is 712. The maximum absolute atomic E-state index is 12.1. The van der Waals surface area contributed by atoms with E-state index >= 15 is 0 Å². The van der Waals surface area contributed by atoms with Crippen LogP contribution < -0.4 is 10.5 Å². The average molecular weight is 300 g/mol. The van der Waals surface area contributed by atoms with Crippen molar-refractivity contribution in [1.82, 2.24) is 4.98 Å². The Kier molecular flexibility index (Phi) is 3.36. The Labute approximate surface area is 112 Å². The second-order valence-electron chi connectivity index (χ2n) is 3.43. The number of nitrogens with zero attached hydrogens (tertiary/aromatic N) is 2. The van der Waals surface area contributed by atoms with Crippen LogP contribution in [0.15, 0.2) is 34.7 Å². The van der Waals surface area contributed by atoms with Crippen LogP contribution in [0.3, 0.4) is 0 Å². The first kappa shape index (κ1) is 13.2. The summed E-state index contributed by atoms with van der Waals surface area (Å²) in [5, 5.41) is 12.5. The van der Waals surface area contributed by atoms with E-state index in [4.69, 9.17) is 5.73 Å². The fourth-order valence-corrected chi connectivity index (χ4v) is 3.34. The van der Waals surface area contributed by atoms with Crippen molar-refractivity contribution in [2.75, 3.05) is 10.5 Å². The van der Waals surface area contributed by atoms with E-state index in [0.717, 1.165) is 23.5 Å². The molecule has 0 aliphatic heterocycles. The number of sulfonamides is 1. The third-order valence-electron chi connectivity index (χ3n) is 2.12. The minimum Gasteiger partial charge on any atom is -0.399 e. The molecule has 8 nitrogen and oxygen atoms in total. The van der Waals surface area contributed by atoms with Crippen LogP contribution in [-0.2, 0) is 10.0 Å². The lowest BCUT2D eigenvalue weighted by Gasteiger charge is -2.06. The highest BCUT2D eigenvalue weighted by molar-refractivity contribution is 7.93. The van der Waals surface area contributed by atoms with Crippen LogP contribution in [0.1, 0.15) is 0 Å². The zero-order chi connectivity index (χ0) is 14.0. The number of nitrogen functional groups attached to an aromatic ring is 1. The topological polar surface area (TPSA) is 128 Å². The predicted octanol–water partition coefficient (Wildman–Crippen LogP) is 1.43. The number of aromatic nitrogens is 1. The first-order valence-corrected chi connectivity index (χ1v) is 7.22. The van der Waals surface area contributed by atoms with Gasteiger partial charge in [0.25, 0.3) is 15.7 Å². The third-order valence-corrected chi connectivity index (χ3v) is 4.31. The van der Waals surface area contributed by atoms with Gasteiger partial charge >= 0.3 is 0 Å². The van der Waals surface area contributed by atoms with E-state index < -0.39 is 25.5 Å². The van der Waals surface area contributed by atoms with Crippen molar-refractivity contribution < 1.29 is 13.3 Å². The molecule has 0 aliphatic carbocycles. The molecule has 0 amide bonds. The van der Waals surface area contributed by atoms with Crippen LogP contribution >= 0.6 is 11.3 Å². The standard InChI is InChI=1S/C9H8N4O4S2/c10-6-1-2-7(13(14)15)8(5-6)19(16,17)12-9-11-3-4-18-9/h1-5H,10H2,(H,11,12). The molecule has 100 valence electrons. The van der Waals surface area contributed by atoms with Crippen LogP contribution in [0.4, 0.5) is 16.5 Å². The van der Waals surface area contributed by atoms with E-state index in [1.54, 1.807) is 5.38 Å². The van der Waals surface area contributed by atoms with Crippen molar-refractivity contribution in [3.05, 3.63) is 39.9 Å². The predicted molar refractivity (Wildman–Crippen MR) is 70.4 cm³/mol. The molecule has 0 spiro atoms. The van der Waals surface area contributed by atoms with Gasteiger partial charge in [0.2, 0.25) is 0 Å². The molecule has 0 fully saturated rings. The highest BCUT2D eigenvalue weighted by Crippen LogP contribution is 2.28. The fourth-order valence-electron chi connectivity index (χ4n) is 1.34. The number of nitrogens with one attached hydrogen (secondary N) is 1. The first-order chi connectivity index (χ1) is 8.90. The van der Waals surface area contributed by atoms with Crippen LogP contribution in [0, 0.1) is 10.1 Å². The van der Waals surface area contributed by atoms with Gasteiger partial charge in [-0.05, 0) is 12.1 Å². The summed E-state index contributed by atoms with van der Waals surface area (Å²) < 4.78 is 26.3. The second kappa shape index (κ2) is 4.82. The number of nitro groups is 1. The van der Waals surface area contributed by atoms with Gasteiger partial charge in [-0.2, -0.15) is 0 Å². The largest absolute Gasteiger partial charge is 0.399 e. The average Bonchev–Trinajstić information content (AvgIpc) is 2.80. The molecule has 0 bridgehead atoms. The maximum atomic E-state index is 12.1. The highest BCUT2D eigenvalue weighted by atomic mass is 32.2. The lowest BCUT2D eigenvalue weighted by Crippen LogP contribution is -2.15. The van der Waals surface area contributed by atoms with E-state index in [1.165, 1.54) is 12.3 Å². The molecule has 0 aliphatic rings. The van der Waals surface area contributed by atoms with Crippen LogP contribution in [0.5, 0.6) is 0 Å². The summed E-state index contributed by atoms with van der Waals surface area (Å²) in [6.45, 7) is 0. The van der Waals surface area contributed by atoms with Crippen molar-refractivity contribution in [3.63, 3.8) is 0 Å². The summed E-state index contributed by atoms with van der Waals surface area (Å²) in [4.78, 5) is 13.3. The summed E-state index contributed by atoms with van der Waals surface area (Å²) in [5.41, 5.74) is 5.04. The number of hydrogen-bond acceptors (Lipinski definition) is 7. The third kappa shape index (κ3) is 2.80. The SMILES string of the molecule is Nc1ccc([N+](=O)[O-])c(S(=O)(=O)Nc2nccs2)c1. The van der Waals surface area contributed by atoms with E-state index in [-0.39, 0.29) is 10.8 Å². The number of nitrogens with two attached hydrogens (primary N) is 1. The van der Waals surface area contributed by atoms with Crippen LogP contribution in [0.25, 0.3) is 0 Å². The second-order valence-corrected chi connectivity index (χ2v) is 5.97. The van der Waals surface area contributed by atoms with Crippen molar-refractivity contribution in [2.45, 2.75) is 4.90 Å². The molecular formula is C9H8N4O4S2. The minimum absolute atomic E-state index is 0.116. The maximum Gasteiger partial charge on any atom is 0.290 e. The lowest BCUT2D eigenvalue weighted by atomic mass is 10.3. The molecule has 19 heavy (non-hydrogen) atoms. The quantitative estimate of drug-likeness (QED) is 0.499. The van der Waals surface area contributed by atoms with Gasteiger partial charge in [-0.1, -0.05) is 0 Å². The highest BCUT2D eigenvalue weighted by Gasteiger charge is 2.26. The molecule has 0 saturated carbocycles. The summed E-state index contributed by atoms with van der Waals surface area (Å²) in [7, 11) is -4.11. The van der Waals surface area contributed by atoms with Gasteiger partial charge in [0, 0.05) is 23.3 Å². The molecule has 1 aromatic carbocycles. The fraction of sp³-hybridized carbons (Fsp3) is 0. The zero-order valence-corrected chi connectivity index (χ0v) is 10.9. The van der Waals surface area contributed by atoms with Gasteiger partial charge in [0.05, 0.1) is 4.92 Å². The van der Waals surface area contributed by atoms with E-state index in [0.29, 0.717) is 0 Å². The van der Waals surface area contributed by atoms with Gasteiger partial charge in [0.15, 0.2) is 10.0 Å². The molecule has 0 atom stereocenters. The van der Waals surface area contributed by atoms with Crippen LogP contribution in [0.2, 0.25) is 0 Å². The van der Waals surface area contributed by atoms with Crippen molar-refractivity contribution in [1.29, 1.82) is 0 Å². The molecule has 0 saturated heterocycles. The van der Waals surface area contributed by atoms with Crippen molar-refractivity contribution in [2.24, 2.45) is 0 Å². The Morgan fingerprint density at radius 2 is 2.16 bits per heavy atom. The normalized spacial score (nSPS) is 11.2. The number of nitro benzene ring substituents is 1. The summed E-state index contributed by atoms with van der Waals surface area (Å²) in [5.74, 6) is 0. The number of thiazole rings is 1. The molecule has 3 N–H and O–H groups in total. The smallest absolute Gasteiger partial charge is 0.290 e. The Morgan fingerprint density at radius 1 is 1.42 bits per heavy atom. The van der Waals surface area contributed by atoms with Gasteiger partial charge in [-0.15, -0.1) is 11.3 Å². The van der Waals surface area contributed by atoms with E-state index in [2.05, 4.69) is 9.71 Å². The molecule has 0 unspecified atom stereocenters. The van der Waals surface area contributed by atoms with Gasteiger partial charge in [-0.25, -0.2) is 13.4 Å². The summed E-state index contributed by atoms with van der Waals surface area (Å²) in [6.07, 6.45) is 1.41. The molecule has 2 rings (SSSR count). The van der Waals surface area contributed by atoms with Gasteiger partial charge in [0.1, 0.15) is 0 Å². The minimum atomic E-state index is -4.11. The number of anilines is 2. The zero-order valence-electron chi connectivity index (χ0n) is 9.31. The van der Waals surface area contributed by atoms with E-state index in [1.807, 2.05) is 0 Å². The summed E-state index contributed by atoms with van der Waals surface area (Å²) >= 11 is 1.06. The summed E-state index contributed by atoms with van der Waals surface area (Å²) in [6, 6.07) is 3.35. The van der Waals surface area contributed by atoms with Gasteiger partial charge < -0.3 is 5.73 Å². The molecule has 10 heteroatoms. The van der Waals surface area contributed by atoms with Crippen LogP contribution in [-0.4, -0.2) is 18.3 Å². The lowest BCUT2D eigenvalue weighted by molar-refractivity contribution is -0.387. The molecule has 1 aromatic heterocycles. The Hall–Kier alpha value is -2.20. The molecule has 0 radical (unpaired) electrons. The van der Waals surface area contributed by atoms with E-state index in [9.17, 15) is 18.5 Å². The molecule has 1 heterocycles. The number of benzene rings is 1. The monoisotopic (exact) mass is 300 g/mol. The molecular weight excluding hydrogens is 292 g/mol. The number of rotatable bonds is 4. The molecule has 2 aromatic rings. The van der Waals surface area contributed by atoms with Gasteiger partial charge in [-0.3, -0.25) is 14.8 Å². The Morgan fingerprint density at radius 3 is 2.74 bits per heavy atom. The Balaban J connectivity index is 2.50. The number of hydrogen-bond donors (Lipinski definition) is 2. The van der Waals surface area contributed by atoms with Crippen molar-refractivity contribution in [3.8, 4) is 0 Å². The van der Waals surface area contributed by atoms with Crippen molar-refractivity contribution >= 4 is 37.9 Å². The first-order valence-electron chi connectivity index (χ1n) is 4.86.